The Bertz CT molecular complexity index is 428. The summed E-state index contributed by atoms with van der Waals surface area (Å²) in [5, 5.41) is 10.6. The first-order valence-electron chi connectivity index (χ1n) is 6.93. The molecule has 3 rings (SSSR count). The summed E-state index contributed by atoms with van der Waals surface area (Å²) < 4.78 is 5.92. The van der Waals surface area contributed by atoms with Gasteiger partial charge in [-0.15, -0.1) is 0 Å². The van der Waals surface area contributed by atoms with Gasteiger partial charge < -0.3 is 9.84 Å². The minimum Gasteiger partial charge on any atom is -0.388 e. The van der Waals surface area contributed by atoms with Gasteiger partial charge in [0.25, 0.3) is 0 Å². The van der Waals surface area contributed by atoms with Crippen molar-refractivity contribution in [2.75, 3.05) is 6.61 Å². The summed E-state index contributed by atoms with van der Waals surface area (Å²) in [4.78, 5) is 4.09. The molecule has 0 aromatic carbocycles. The number of aliphatic hydroxyl groups is 1. The SMILES string of the molecule is Cc1cnccc1C(O)C1CCOC2(CCC2)C1. The van der Waals surface area contributed by atoms with Gasteiger partial charge in [-0.25, -0.2) is 0 Å². The fraction of sp³-hybridized carbons (Fsp3) is 0.667. The zero-order chi connectivity index (χ0) is 12.6. The van der Waals surface area contributed by atoms with E-state index in [1.165, 1.54) is 19.3 Å². The fourth-order valence-electron chi connectivity index (χ4n) is 3.32. The number of ether oxygens (including phenoxy) is 1. The van der Waals surface area contributed by atoms with E-state index in [0.717, 1.165) is 30.6 Å². The molecule has 3 nitrogen and oxygen atoms in total. The van der Waals surface area contributed by atoms with Gasteiger partial charge in [-0.2, -0.15) is 0 Å². The van der Waals surface area contributed by atoms with Crippen molar-refractivity contribution in [3.05, 3.63) is 29.6 Å². The molecule has 1 saturated heterocycles. The molecule has 1 N–H and O–H groups in total. The van der Waals surface area contributed by atoms with Crippen LogP contribution >= 0.6 is 0 Å². The third-order valence-electron chi connectivity index (χ3n) is 4.62. The van der Waals surface area contributed by atoms with E-state index in [4.69, 9.17) is 4.74 Å². The topological polar surface area (TPSA) is 42.4 Å². The second-order valence-electron chi connectivity index (χ2n) is 5.82. The predicted octanol–water partition coefficient (Wildman–Crippen LogP) is 2.77. The Morgan fingerprint density at radius 2 is 2.33 bits per heavy atom. The Balaban J connectivity index is 1.76. The predicted molar refractivity (Wildman–Crippen MR) is 69.2 cm³/mol. The van der Waals surface area contributed by atoms with Crippen molar-refractivity contribution in [2.45, 2.75) is 50.7 Å². The Hall–Kier alpha value is -0.930. The first-order chi connectivity index (χ1) is 8.70. The number of rotatable bonds is 2. The molecule has 1 aliphatic heterocycles. The van der Waals surface area contributed by atoms with Gasteiger partial charge in [-0.3, -0.25) is 4.98 Å². The molecule has 1 aromatic heterocycles. The summed E-state index contributed by atoms with van der Waals surface area (Å²) in [7, 11) is 0. The zero-order valence-corrected chi connectivity index (χ0v) is 10.9. The average molecular weight is 247 g/mol. The van der Waals surface area contributed by atoms with Crippen molar-refractivity contribution in [3.8, 4) is 0 Å². The number of aromatic nitrogens is 1. The maximum Gasteiger partial charge on any atom is 0.0823 e. The summed E-state index contributed by atoms with van der Waals surface area (Å²) >= 11 is 0. The lowest BCUT2D eigenvalue weighted by molar-refractivity contribution is -0.157. The van der Waals surface area contributed by atoms with Crippen LogP contribution in [0.4, 0.5) is 0 Å². The molecule has 18 heavy (non-hydrogen) atoms. The van der Waals surface area contributed by atoms with Crippen LogP contribution < -0.4 is 0 Å². The highest BCUT2D eigenvalue weighted by Gasteiger charge is 2.44. The van der Waals surface area contributed by atoms with Gasteiger partial charge in [0.15, 0.2) is 0 Å². The lowest BCUT2D eigenvalue weighted by Gasteiger charge is -2.48. The Kier molecular flexibility index (Phi) is 3.12. The lowest BCUT2D eigenvalue weighted by atomic mass is 9.70. The molecule has 0 amide bonds. The number of nitrogens with zero attached hydrogens (tertiary/aromatic N) is 1. The maximum atomic E-state index is 10.6. The lowest BCUT2D eigenvalue weighted by Crippen LogP contribution is -2.46. The van der Waals surface area contributed by atoms with E-state index in [1.807, 2.05) is 19.2 Å². The number of aliphatic hydroxyl groups excluding tert-OH is 1. The molecule has 2 unspecified atom stereocenters. The van der Waals surface area contributed by atoms with Gasteiger partial charge in [0.1, 0.15) is 0 Å². The van der Waals surface area contributed by atoms with E-state index in [0.29, 0.717) is 5.92 Å². The second kappa shape index (κ2) is 4.63. The molecule has 2 fully saturated rings. The highest BCUT2D eigenvalue weighted by Crippen LogP contribution is 2.47. The van der Waals surface area contributed by atoms with Crippen molar-refractivity contribution < 1.29 is 9.84 Å². The van der Waals surface area contributed by atoms with Crippen LogP contribution in [0, 0.1) is 12.8 Å². The molecule has 3 heteroatoms. The quantitative estimate of drug-likeness (QED) is 0.873. The molecule has 2 aliphatic rings. The van der Waals surface area contributed by atoms with Crippen LogP contribution in [0.25, 0.3) is 0 Å². The molecule has 1 aromatic rings. The van der Waals surface area contributed by atoms with E-state index >= 15 is 0 Å². The molecule has 1 spiro atoms. The third-order valence-corrected chi connectivity index (χ3v) is 4.62. The molecule has 2 atom stereocenters. The normalized spacial score (nSPS) is 27.8. The van der Waals surface area contributed by atoms with E-state index in [1.54, 1.807) is 6.20 Å². The minimum atomic E-state index is -0.366. The molecule has 1 aliphatic carbocycles. The van der Waals surface area contributed by atoms with Gasteiger partial charge in [0.2, 0.25) is 0 Å². The van der Waals surface area contributed by atoms with Crippen molar-refractivity contribution in [1.29, 1.82) is 0 Å². The first kappa shape index (κ1) is 12.1. The largest absolute Gasteiger partial charge is 0.388 e. The Morgan fingerprint density at radius 1 is 1.50 bits per heavy atom. The summed E-state index contributed by atoms with van der Waals surface area (Å²) in [6, 6.07) is 1.95. The number of hydrogen-bond acceptors (Lipinski definition) is 3. The van der Waals surface area contributed by atoms with Crippen LogP contribution in [0.5, 0.6) is 0 Å². The smallest absolute Gasteiger partial charge is 0.0823 e. The molecule has 1 saturated carbocycles. The molecule has 0 radical (unpaired) electrons. The summed E-state index contributed by atoms with van der Waals surface area (Å²) in [6.07, 6.45) is 8.82. The Labute approximate surface area is 108 Å². The van der Waals surface area contributed by atoms with E-state index in [9.17, 15) is 5.11 Å². The molecule has 0 bridgehead atoms. The van der Waals surface area contributed by atoms with Crippen LogP contribution in [-0.4, -0.2) is 22.3 Å². The molecule has 98 valence electrons. The Morgan fingerprint density at radius 3 is 3.00 bits per heavy atom. The average Bonchev–Trinajstić information content (AvgIpc) is 2.37. The summed E-state index contributed by atoms with van der Waals surface area (Å²) in [5.41, 5.74) is 2.22. The highest BCUT2D eigenvalue weighted by atomic mass is 16.5. The number of hydrogen-bond donors (Lipinski definition) is 1. The summed E-state index contributed by atoms with van der Waals surface area (Å²) in [5.74, 6) is 0.333. The van der Waals surface area contributed by atoms with E-state index < -0.39 is 0 Å². The van der Waals surface area contributed by atoms with Crippen LogP contribution in [0.2, 0.25) is 0 Å². The van der Waals surface area contributed by atoms with Crippen LogP contribution in [-0.2, 0) is 4.74 Å². The van der Waals surface area contributed by atoms with E-state index in [2.05, 4.69) is 4.98 Å². The third kappa shape index (κ3) is 2.06. The van der Waals surface area contributed by atoms with Crippen LogP contribution in [0.3, 0.4) is 0 Å². The van der Waals surface area contributed by atoms with Crippen LogP contribution in [0.1, 0.15) is 49.3 Å². The van der Waals surface area contributed by atoms with Crippen molar-refractivity contribution >= 4 is 0 Å². The van der Waals surface area contributed by atoms with E-state index in [-0.39, 0.29) is 11.7 Å². The molecular weight excluding hydrogens is 226 g/mol. The number of aryl methyl sites for hydroxylation is 1. The van der Waals surface area contributed by atoms with Gasteiger partial charge in [-0.05, 0) is 62.1 Å². The maximum absolute atomic E-state index is 10.6. The molecular formula is C15H21NO2. The zero-order valence-electron chi connectivity index (χ0n) is 10.9. The molecule has 2 heterocycles. The van der Waals surface area contributed by atoms with Crippen molar-refractivity contribution in [1.82, 2.24) is 4.98 Å². The summed E-state index contributed by atoms with van der Waals surface area (Å²) in [6.45, 7) is 2.82. The fourth-order valence-corrected chi connectivity index (χ4v) is 3.32. The minimum absolute atomic E-state index is 0.102. The van der Waals surface area contributed by atoms with Crippen molar-refractivity contribution in [3.63, 3.8) is 0 Å². The highest BCUT2D eigenvalue weighted by molar-refractivity contribution is 5.24. The van der Waals surface area contributed by atoms with Gasteiger partial charge in [-0.1, -0.05) is 0 Å². The second-order valence-corrected chi connectivity index (χ2v) is 5.82. The van der Waals surface area contributed by atoms with Gasteiger partial charge >= 0.3 is 0 Å². The van der Waals surface area contributed by atoms with Crippen molar-refractivity contribution in [2.24, 2.45) is 5.92 Å². The van der Waals surface area contributed by atoms with Gasteiger partial charge in [0, 0.05) is 19.0 Å². The van der Waals surface area contributed by atoms with Crippen LogP contribution in [0.15, 0.2) is 18.5 Å². The number of pyridine rings is 1. The van der Waals surface area contributed by atoms with Gasteiger partial charge in [0.05, 0.1) is 11.7 Å². The first-order valence-corrected chi connectivity index (χ1v) is 6.93. The standard InChI is InChI=1S/C15H21NO2/c1-11-10-16-7-3-13(11)14(17)12-4-8-18-15(9-12)5-2-6-15/h3,7,10,12,14,17H,2,4-6,8-9H2,1H3. The monoisotopic (exact) mass is 247 g/mol.